The van der Waals surface area contributed by atoms with Crippen molar-refractivity contribution >= 4 is 17.3 Å². The summed E-state index contributed by atoms with van der Waals surface area (Å²) in [6.07, 6.45) is 5.73. The summed E-state index contributed by atoms with van der Waals surface area (Å²) in [5, 5.41) is 6.08. The van der Waals surface area contributed by atoms with Gasteiger partial charge in [-0.2, -0.15) is 0 Å². The highest BCUT2D eigenvalue weighted by atomic mass is 16.1. The molecule has 1 amide bonds. The molecule has 3 heteroatoms. The Kier molecular flexibility index (Phi) is 4.02. The fourth-order valence-electron chi connectivity index (χ4n) is 2.36. The molecule has 1 aliphatic carbocycles. The van der Waals surface area contributed by atoms with Crippen LogP contribution in [0.1, 0.15) is 32.1 Å². The van der Waals surface area contributed by atoms with Crippen LogP contribution < -0.4 is 10.6 Å². The lowest BCUT2D eigenvalue weighted by molar-refractivity contribution is -0.120. The van der Waals surface area contributed by atoms with E-state index in [-0.39, 0.29) is 11.8 Å². The van der Waals surface area contributed by atoms with Crippen LogP contribution in [0.15, 0.2) is 24.3 Å². The SMILES string of the molecule is CNc1cccc(NC(=O)C2CCCCC2)c1. The summed E-state index contributed by atoms with van der Waals surface area (Å²) in [5.41, 5.74) is 1.90. The number of hydrogen-bond acceptors (Lipinski definition) is 2. The number of anilines is 2. The zero-order valence-corrected chi connectivity index (χ0v) is 10.3. The van der Waals surface area contributed by atoms with E-state index in [1.54, 1.807) is 0 Å². The van der Waals surface area contributed by atoms with Crippen molar-refractivity contribution in [3.8, 4) is 0 Å². The number of hydrogen-bond donors (Lipinski definition) is 2. The predicted octanol–water partition coefficient (Wildman–Crippen LogP) is 3.25. The first kappa shape index (κ1) is 12.0. The molecule has 92 valence electrons. The topological polar surface area (TPSA) is 41.1 Å². The van der Waals surface area contributed by atoms with Gasteiger partial charge in [0.1, 0.15) is 0 Å². The molecule has 0 unspecified atom stereocenters. The number of carbonyl (C=O) groups excluding carboxylic acids is 1. The van der Waals surface area contributed by atoms with Crippen molar-refractivity contribution in [1.29, 1.82) is 0 Å². The summed E-state index contributed by atoms with van der Waals surface area (Å²) in [6.45, 7) is 0. The zero-order valence-electron chi connectivity index (χ0n) is 10.3. The third kappa shape index (κ3) is 3.22. The van der Waals surface area contributed by atoms with Gasteiger partial charge in [-0.25, -0.2) is 0 Å². The van der Waals surface area contributed by atoms with Crippen molar-refractivity contribution in [2.24, 2.45) is 5.92 Å². The van der Waals surface area contributed by atoms with E-state index < -0.39 is 0 Å². The normalized spacial score (nSPS) is 16.5. The third-order valence-corrected chi connectivity index (χ3v) is 3.39. The number of carbonyl (C=O) groups is 1. The minimum absolute atomic E-state index is 0.179. The van der Waals surface area contributed by atoms with Crippen LogP contribution in [-0.2, 0) is 4.79 Å². The molecule has 0 heterocycles. The quantitative estimate of drug-likeness (QED) is 0.840. The highest BCUT2D eigenvalue weighted by Crippen LogP contribution is 2.25. The van der Waals surface area contributed by atoms with E-state index in [1.165, 1.54) is 19.3 Å². The Morgan fingerprint density at radius 2 is 1.88 bits per heavy atom. The van der Waals surface area contributed by atoms with Crippen LogP contribution in [0.4, 0.5) is 11.4 Å². The average Bonchev–Trinajstić information content (AvgIpc) is 2.40. The van der Waals surface area contributed by atoms with Crippen molar-refractivity contribution in [2.75, 3.05) is 17.7 Å². The zero-order chi connectivity index (χ0) is 12.1. The summed E-state index contributed by atoms with van der Waals surface area (Å²) < 4.78 is 0. The van der Waals surface area contributed by atoms with Gasteiger partial charge in [0.15, 0.2) is 0 Å². The Morgan fingerprint density at radius 3 is 2.59 bits per heavy atom. The van der Waals surface area contributed by atoms with Crippen molar-refractivity contribution in [2.45, 2.75) is 32.1 Å². The fourth-order valence-corrected chi connectivity index (χ4v) is 2.36. The lowest BCUT2D eigenvalue weighted by atomic mass is 9.88. The van der Waals surface area contributed by atoms with Gasteiger partial charge in [0.2, 0.25) is 5.91 Å². The van der Waals surface area contributed by atoms with E-state index in [4.69, 9.17) is 0 Å². The molecule has 1 fully saturated rings. The van der Waals surface area contributed by atoms with Crippen LogP contribution in [0.25, 0.3) is 0 Å². The minimum atomic E-state index is 0.179. The summed E-state index contributed by atoms with van der Waals surface area (Å²) in [4.78, 5) is 12.0. The van der Waals surface area contributed by atoms with E-state index in [2.05, 4.69) is 10.6 Å². The maximum atomic E-state index is 12.0. The lowest BCUT2D eigenvalue weighted by Gasteiger charge is -2.20. The van der Waals surface area contributed by atoms with Crippen molar-refractivity contribution in [1.82, 2.24) is 0 Å². The average molecular weight is 232 g/mol. The van der Waals surface area contributed by atoms with Crippen LogP contribution in [0.3, 0.4) is 0 Å². The maximum absolute atomic E-state index is 12.0. The van der Waals surface area contributed by atoms with Gasteiger partial charge in [-0.15, -0.1) is 0 Å². The molecule has 0 aromatic heterocycles. The molecule has 1 aliphatic rings. The van der Waals surface area contributed by atoms with Gasteiger partial charge in [-0.05, 0) is 31.0 Å². The van der Waals surface area contributed by atoms with E-state index in [0.717, 1.165) is 24.2 Å². The molecule has 17 heavy (non-hydrogen) atoms. The molecule has 0 saturated heterocycles. The predicted molar refractivity (Wildman–Crippen MR) is 71.2 cm³/mol. The summed E-state index contributed by atoms with van der Waals surface area (Å²) in [5.74, 6) is 0.389. The summed E-state index contributed by atoms with van der Waals surface area (Å²) >= 11 is 0. The molecule has 1 saturated carbocycles. The van der Waals surface area contributed by atoms with E-state index in [1.807, 2.05) is 31.3 Å². The molecule has 1 aromatic carbocycles. The van der Waals surface area contributed by atoms with Crippen molar-refractivity contribution in [3.05, 3.63) is 24.3 Å². The van der Waals surface area contributed by atoms with Gasteiger partial charge in [-0.1, -0.05) is 25.3 Å². The second kappa shape index (κ2) is 5.71. The number of rotatable bonds is 3. The Bertz CT molecular complexity index is 384. The third-order valence-electron chi connectivity index (χ3n) is 3.39. The van der Waals surface area contributed by atoms with Gasteiger partial charge in [-0.3, -0.25) is 4.79 Å². The van der Waals surface area contributed by atoms with Crippen LogP contribution in [0.2, 0.25) is 0 Å². The molecular formula is C14H20N2O. The molecule has 3 nitrogen and oxygen atoms in total. The molecule has 2 rings (SSSR count). The number of nitrogens with one attached hydrogen (secondary N) is 2. The fraction of sp³-hybridized carbons (Fsp3) is 0.500. The van der Waals surface area contributed by atoms with Crippen molar-refractivity contribution < 1.29 is 4.79 Å². The Morgan fingerprint density at radius 1 is 1.18 bits per heavy atom. The smallest absolute Gasteiger partial charge is 0.227 e. The lowest BCUT2D eigenvalue weighted by Crippen LogP contribution is -2.24. The van der Waals surface area contributed by atoms with Gasteiger partial charge in [0.25, 0.3) is 0 Å². The first-order valence-corrected chi connectivity index (χ1v) is 6.38. The van der Waals surface area contributed by atoms with E-state index >= 15 is 0 Å². The first-order chi connectivity index (χ1) is 8.29. The Hall–Kier alpha value is -1.51. The van der Waals surface area contributed by atoms with Crippen molar-refractivity contribution in [3.63, 3.8) is 0 Å². The van der Waals surface area contributed by atoms with Crippen LogP contribution in [-0.4, -0.2) is 13.0 Å². The molecular weight excluding hydrogens is 212 g/mol. The first-order valence-electron chi connectivity index (χ1n) is 6.38. The largest absolute Gasteiger partial charge is 0.388 e. The molecule has 0 radical (unpaired) electrons. The van der Waals surface area contributed by atoms with Gasteiger partial charge in [0, 0.05) is 24.3 Å². The maximum Gasteiger partial charge on any atom is 0.227 e. The molecule has 0 bridgehead atoms. The summed E-state index contributed by atoms with van der Waals surface area (Å²) in [7, 11) is 1.88. The molecule has 0 aliphatic heterocycles. The van der Waals surface area contributed by atoms with Gasteiger partial charge >= 0.3 is 0 Å². The highest BCUT2D eigenvalue weighted by molar-refractivity contribution is 5.93. The van der Waals surface area contributed by atoms with Gasteiger partial charge in [0.05, 0.1) is 0 Å². The molecule has 2 N–H and O–H groups in total. The van der Waals surface area contributed by atoms with Crippen LogP contribution in [0, 0.1) is 5.92 Å². The van der Waals surface area contributed by atoms with Crippen LogP contribution >= 0.6 is 0 Å². The highest BCUT2D eigenvalue weighted by Gasteiger charge is 2.20. The minimum Gasteiger partial charge on any atom is -0.388 e. The standard InChI is InChI=1S/C14H20N2O/c1-15-12-8-5-9-13(10-12)16-14(17)11-6-3-2-4-7-11/h5,8-11,15H,2-4,6-7H2,1H3,(H,16,17). The number of benzene rings is 1. The van der Waals surface area contributed by atoms with E-state index in [9.17, 15) is 4.79 Å². The Balaban J connectivity index is 1.96. The van der Waals surface area contributed by atoms with Crippen LogP contribution in [0.5, 0.6) is 0 Å². The summed E-state index contributed by atoms with van der Waals surface area (Å²) in [6, 6.07) is 7.82. The second-order valence-electron chi connectivity index (χ2n) is 4.65. The van der Waals surface area contributed by atoms with Gasteiger partial charge < -0.3 is 10.6 Å². The number of amides is 1. The Labute approximate surface area is 103 Å². The molecule has 0 atom stereocenters. The monoisotopic (exact) mass is 232 g/mol. The second-order valence-corrected chi connectivity index (χ2v) is 4.65. The van der Waals surface area contributed by atoms with E-state index in [0.29, 0.717) is 0 Å². The molecule has 0 spiro atoms. The molecule has 1 aromatic rings.